The molecular formula is C37H41N3O3. The van der Waals surface area contributed by atoms with Gasteiger partial charge < -0.3 is 15.0 Å². The van der Waals surface area contributed by atoms with Crippen LogP contribution in [0.3, 0.4) is 0 Å². The quantitative estimate of drug-likeness (QED) is 0.178. The summed E-state index contributed by atoms with van der Waals surface area (Å²) in [7, 11) is 0. The Bertz CT molecular complexity index is 1430. The van der Waals surface area contributed by atoms with Crippen LogP contribution in [0.2, 0.25) is 0 Å². The molecule has 0 unspecified atom stereocenters. The highest BCUT2D eigenvalue weighted by molar-refractivity contribution is 6.10. The summed E-state index contributed by atoms with van der Waals surface area (Å²) in [5.41, 5.74) is 3.94. The van der Waals surface area contributed by atoms with Crippen molar-refractivity contribution in [1.82, 2.24) is 9.80 Å². The Morgan fingerprint density at radius 1 is 0.698 bits per heavy atom. The molecule has 6 heteroatoms. The second kappa shape index (κ2) is 15.2. The summed E-state index contributed by atoms with van der Waals surface area (Å²) in [6, 6.07) is 35.7. The van der Waals surface area contributed by atoms with Crippen LogP contribution in [-0.2, 0) is 0 Å². The lowest BCUT2D eigenvalue weighted by atomic mass is 9.96. The Morgan fingerprint density at radius 3 is 1.93 bits per heavy atom. The van der Waals surface area contributed by atoms with Gasteiger partial charge in [0.25, 0.3) is 11.8 Å². The molecule has 1 saturated heterocycles. The van der Waals surface area contributed by atoms with Gasteiger partial charge in [-0.1, -0.05) is 111 Å². The number of para-hydroxylation sites is 2. The number of ether oxygens (including phenoxy) is 1. The molecule has 1 N–H and O–H groups in total. The maximum absolute atomic E-state index is 13.8. The number of anilines is 1. The van der Waals surface area contributed by atoms with Gasteiger partial charge in [0.2, 0.25) is 0 Å². The van der Waals surface area contributed by atoms with Crippen molar-refractivity contribution in [3.8, 4) is 5.75 Å². The van der Waals surface area contributed by atoms with Crippen LogP contribution in [0, 0.1) is 0 Å². The molecule has 222 valence electrons. The molecule has 1 aliphatic rings. The number of hydrogen-bond acceptors (Lipinski definition) is 4. The van der Waals surface area contributed by atoms with Crippen molar-refractivity contribution in [2.75, 3.05) is 38.1 Å². The topological polar surface area (TPSA) is 61.9 Å². The zero-order valence-corrected chi connectivity index (χ0v) is 25.0. The highest BCUT2D eigenvalue weighted by atomic mass is 16.5. The first kappa shape index (κ1) is 30.1. The minimum absolute atomic E-state index is 0.0769. The third-order valence-electron chi connectivity index (χ3n) is 7.99. The zero-order chi connectivity index (χ0) is 29.9. The van der Waals surface area contributed by atoms with E-state index in [4.69, 9.17) is 4.74 Å². The molecule has 43 heavy (non-hydrogen) atoms. The lowest BCUT2D eigenvalue weighted by Gasteiger charge is -2.40. The zero-order valence-electron chi connectivity index (χ0n) is 25.0. The van der Waals surface area contributed by atoms with Gasteiger partial charge in [-0.05, 0) is 41.8 Å². The van der Waals surface area contributed by atoms with E-state index in [0.717, 1.165) is 32.4 Å². The van der Waals surface area contributed by atoms with E-state index >= 15 is 0 Å². The number of amides is 2. The number of carbonyl (C=O) groups is 2. The molecule has 4 aromatic carbocycles. The van der Waals surface area contributed by atoms with E-state index in [-0.39, 0.29) is 17.9 Å². The molecule has 0 aliphatic carbocycles. The average Bonchev–Trinajstić information content (AvgIpc) is 3.06. The summed E-state index contributed by atoms with van der Waals surface area (Å²) < 4.78 is 5.97. The number of nitrogens with one attached hydrogen (secondary N) is 1. The second-order valence-electron chi connectivity index (χ2n) is 11.0. The molecule has 1 fully saturated rings. The monoisotopic (exact) mass is 575 g/mol. The summed E-state index contributed by atoms with van der Waals surface area (Å²) in [6.07, 6.45) is 4.39. The van der Waals surface area contributed by atoms with Gasteiger partial charge in [-0.15, -0.1) is 0 Å². The van der Waals surface area contributed by atoms with E-state index in [9.17, 15) is 9.59 Å². The maximum atomic E-state index is 13.8. The lowest BCUT2D eigenvalue weighted by Crippen LogP contribution is -2.50. The van der Waals surface area contributed by atoms with Gasteiger partial charge in [0.15, 0.2) is 0 Å². The summed E-state index contributed by atoms with van der Waals surface area (Å²) in [4.78, 5) is 31.5. The van der Waals surface area contributed by atoms with Gasteiger partial charge in [-0.3, -0.25) is 14.5 Å². The number of carbonyl (C=O) groups excluding carboxylic acids is 2. The predicted molar refractivity (Wildman–Crippen MR) is 173 cm³/mol. The van der Waals surface area contributed by atoms with E-state index in [0.29, 0.717) is 42.3 Å². The number of piperazine rings is 1. The number of nitrogens with zero attached hydrogens (tertiary/aromatic N) is 2. The largest absolute Gasteiger partial charge is 0.493 e. The van der Waals surface area contributed by atoms with Crippen molar-refractivity contribution in [2.24, 2.45) is 0 Å². The van der Waals surface area contributed by atoms with Crippen molar-refractivity contribution in [3.05, 3.63) is 131 Å². The van der Waals surface area contributed by atoms with Gasteiger partial charge in [-0.25, -0.2) is 0 Å². The van der Waals surface area contributed by atoms with E-state index in [1.54, 1.807) is 18.2 Å². The van der Waals surface area contributed by atoms with Crippen LogP contribution in [0.4, 0.5) is 5.69 Å². The highest BCUT2D eigenvalue weighted by Crippen LogP contribution is 2.30. The Kier molecular flexibility index (Phi) is 10.6. The maximum Gasteiger partial charge on any atom is 0.259 e. The fourth-order valence-electron chi connectivity index (χ4n) is 5.70. The third kappa shape index (κ3) is 7.70. The SMILES string of the molecule is CCCCCCOc1ccccc1C(=O)Nc1ccccc1C(=O)N1CCN(C(c2ccccc2)c2ccccc2)CC1. The molecule has 5 rings (SSSR count). The van der Waals surface area contributed by atoms with Gasteiger partial charge >= 0.3 is 0 Å². The second-order valence-corrected chi connectivity index (χ2v) is 11.0. The minimum Gasteiger partial charge on any atom is -0.493 e. The first-order chi connectivity index (χ1) is 21.2. The number of benzene rings is 4. The summed E-state index contributed by atoms with van der Waals surface area (Å²) in [6.45, 7) is 5.45. The number of hydrogen-bond donors (Lipinski definition) is 1. The van der Waals surface area contributed by atoms with Crippen LogP contribution in [0.25, 0.3) is 0 Å². The molecule has 0 aromatic heterocycles. The van der Waals surface area contributed by atoms with Crippen molar-refractivity contribution < 1.29 is 14.3 Å². The van der Waals surface area contributed by atoms with Crippen LogP contribution in [0.5, 0.6) is 5.75 Å². The molecule has 0 atom stereocenters. The summed E-state index contributed by atoms with van der Waals surface area (Å²) >= 11 is 0. The molecular weight excluding hydrogens is 534 g/mol. The van der Waals surface area contributed by atoms with Gasteiger partial charge in [0.05, 0.1) is 29.5 Å². The first-order valence-electron chi connectivity index (χ1n) is 15.4. The molecule has 0 radical (unpaired) electrons. The summed E-state index contributed by atoms with van der Waals surface area (Å²) in [5, 5.41) is 2.99. The molecule has 0 bridgehead atoms. The Balaban J connectivity index is 1.25. The summed E-state index contributed by atoms with van der Waals surface area (Å²) in [5.74, 6) is 0.192. The van der Waals surface area contributed by atoms with E-state index in [1.165, 1.54) is 17.5 Å². The van der Waals surface area contributed by atoms with Crippen molar-refractivity contribution in [3.63, 3.8) is 0 Å². The average molecular weight is 576 g/mol. The number of unbranched alkanes of at least 4 members (excludes halogenated alkanes) is 3. The molecule has 1 aliphatic heterocycles. The van der Waals surface area contributed by atoms with Crippen LogP contribution in [-0.4, -0.2) is 54.4 Å². The van der Waals surface area contributed by atoms with Gasteiger partial charge in [-0.2, -0.15) is 0 Å². The van der Waals surface area contributed by atoms with Gasteiger partial charge in [0, 0.05) is 26.2 Å². The van der Waals surface area contributed by atoms with Crippen molar-refractivity contribution >= 4 is 17.5 Å². The fraction of sp³-hybridized carbons (Fsp3) is 0.297. The molecule has 2 amide bonds. The van der Waals surface area contributed by atoms with Crippen LogP contribution in [0.1, 0.15) is 70.5 Å². The van der Waals surface area contributed by atoms with Crippen LogP contribution >= 0.6 is 0 Å². The third-order valence-corrected chi connectivity index (χ3v) is 7.99. The molecule has 0 saturated carbocycles. The highest BCUT2D eigenvalue weighted by Gasteiger charge is 2.29. The standard InChI is InChI=1S/C37H41N3O3/c1-2-3-4-15-28-43-34-23-14-12-21-32(34)36(41)38-33-22-13-11-20-31(33)37(42)40-26-24-39(25-27-40)35(29-16-7-5-8-17-29)30-18-9-6-10-19-30/h5-14,16-23,35H,2-4,15,24-28H2,1H3,(H,38,41). The smallest absolute Gasteiger partial charge is 0.259 e. The molecule has 1 heterocycles. The van der Waals surface area contributed by atoms with E-state index in [1.807, 2.05) is 47.4 Å². The van der Waals surface area contributed by atoms with E-state index < -0.39 is 0 Å². The van der Waals surface area contributed by atoms with Crippen molar-refractivity contribution in [1.29, 1.82) is 0 Å². The fourth-order valence-corrected chi connectivity index (χ4v) is 5.70. The Hall–Kier alpha value is -4.42. The Morgan fingerprint density at radius 2 is 1.28 bits per heavy atom. The first-order valence-corrected chi connectivity index (χ1v) is 15.4. The van der Waals surface area contributed by atoms with E-state index in [2.05, 4.69) is 65.7 Å². The molecule has 6 nitrogen and oxygen atoms in total. The normalized spacial score (nSPS) is 13.6. The van der Waals surface area contributed by atoms with Gasteiger partial charge in [0.1, 0.15) is 5.75 Å². The number of rotatable bonds is 12. The minimum atomic E-state index is -0.289. The lowest BCUT2D eigenvalue weighted by molar-refractivity contribution is 0.0598. The Labute approximate surface area is 255 Å². The van der Waals surface area contributed by atoms with Crippen molar-refractivity contribution in [2.45, 2.75) is 38.6 Å². The van der Waals surface area contributed by atoms with Crippen LogP contribution in [0.15, 0.2) is 109 Å². The van der Waals surface area contributed by atoms with Crippen LogP contribution < -0.4 is 10.1 Å². The molecule has 0 spiro atoms. The predicted octanol–water partition coefficient (Wildman–Crippen LogP) is 7.45. The molecule has 4 aromatic rings.